The highest BCUT2D eigenvalue weighted by atomic mass is 16.2. The average molecular weight is 315 g/mol. The van der Waals surface area contributed by atoms with Gasteiger partial charge in [0.1, 0.15) is 5.56 Å². The summed E-state index contributed by atoms with van der Waals surface area (Å²) >= 11 is 0. The van der Waals surface area contributed by atoms with Crippen LogP contribution in [0.15, 0.2) is 29.2 Å². The summed E-state index contributed by atoms with van der Waals surface area (Å²) in [6.07, 6.45) is 5.95. The second-order valence-corrected chi connectivity index (χ2v) is 5.72. The number of nitrogens with one attached hydrogen (secondary N) is 1. The van der Waals surface area contributed by atoms with Gasteiger partial charge >= 0.3 is 0 Å². The quantitative estimate of drug-likeness (QED) is 0.609. The van der Waals surface area contributed by atoms with Gasteiger partial charge in [0.15, 0.2) is 0 Å². The van der Waals surface area contributed by atoms with E-state index < -0.39 is 0 Å². The topological polar surface area (TPSA) is 77.1 Å². The third-order valence-electron chi connectivity index (χ3n) is 4.04. The fourth-order valence-electron chi connectivity index (χ4n) is 2.74. The largest absolute Gasteiger partial charge is 0.398 e. The van der Waals surface area contributed by atoms with E-state index in [1.165, 1.54) is 0 Å². The molecule has 5 heteroatoms. The minimum absolute atomic E-state index is 0.160. The molecule has 0 fully saturated rings. The lowest BCUT2D eigenvalue weighted by molar-refractivity contribution is 0.0951. The first-order valence-electron chi connectivity index (χ1n) is 8.30. The highest BCUT2D eigenvalue weighted by Crippen LogP contribution is 2.18. The predicted molar refractivity (Wildman–Crippen MR) is 94.8 cm³/mol. The number of hydrogen-bond donors (Lipinski definition) is 2. The predicted octanol–water partition coefficient (Wildman–Crippen LogP) is 2.91. The van der Waals surface area contributed by atoms with Gasteiger partial charge in [0.2, 0.25) is 5.43 Å². The molecule has 0 atom stereocenters. The molecule has 0 spiro atoms. The van der Waals surface area contributed by atoms with Crippen molar-refractivity contribution in [2.45, 2.75) is 46.1 Å². The number of carbonyl (C=O) groups is 1. The van der Waals surface area contributed by atoms with Crippen LogP contribution in [0.4, 0.5) is 5.69 Å². The van der Waals surface area contributed by atoms with E-state index in [4.69, 9.17) is 5.73 Å². The molecule has 124 valence electrons. The second-order valence-electron chi connectivity index (χ2n) is 5.72. The molecule has 0 saturated carbocycles. The molecular formula is C18H25N3O2. The van der Waals surface area contributed by atoms with Gasteiger partial charge < -0.3 is 15.6 Å². The molecule has 1 amide bonds. The molecule has 0 aliphatic carbocycles. The lowest BCUT2D eigenvalue weighted by Gasteiger charge is -2.13. The van der Waals surface area contributed by atoms with E-state index in [9.17, 15) is 9.59 Å². The highest BCUT2D eigenvalue weighted by Gasteiger charge is 2.16. The Bertz CT molecular complexity index is 750. The van der Waals surface area contributed by atoms with Crippen LogP contribution in [0.5, 0.6) is 0 Å². The zero-order chi connectivity index (χ0) is 16.8. The second kappa shape index (κ2) is 7.81. The van der Waals surface area contributed by atoms with Crippen molar-refractivity contribution in [2.75, 3.05) is 12.3 Å². The Morgan fingerprint density at radius 3 is 2.70 bits per heavy atom. The van der Waals surface area contributed by atoms with Crippen LogP contribution in [0.25, 0.3) is 10.9 Å². The number of anilines is 1. The Kier molecular flexibility index (Phi) is 5.79. The maximum absolute atomic E-state index is 12.6. The summed E-state index contributed by atoms with van der Waals surface area (Å²) in [5.41, 5.74) is 6.99. The molecule has 0 aliphatic rings. The number of nitrogen functional groups attached to an aromatic ring is 1. The number of benzene rings is 1. The summed E-state index contributed by atoms with van der Waals surface area (Å²) in [6.45, 7) is 5.37. The van der Waals surface area contributed by atoms with Crippen LogP contribution in [0.1, 0.15) is 49.9 Å². The number of fused-ring (bicyclic) bond motifs is 1. The van der Waals surface area contributed by atoms with Crippen molar-refractivity contribution in [3.63, 3.8) is 0 Å². The van der Waals surface area contributed by atoms with Crippen LogP contribution in [-0.4, -0.2) is 17.0 Å². The molecule has 0 radical (unpaired) electrons. The van der Waals surface area contributed by atoms with Gasteiger partial charge in [-0.2, -0.15) is 0 Å². The molecule has 1 heterocycles. The molecule has 1 aromatic heterocycles. The SMILES string of the molecule is CCCCCCNC(=O)c1cn(CC)c2cccc(N)c2c1=O. The Morgan fingerprint density at radius 1 is 1.22 bits per heavy atom. The molecule has 5 nitrogen and oxygen atoms in total. The summed E-state index contributed by atoms with van der Waals surface area (Å²) in [6, 6.07) is 5.36. The number of amides is 1. The van der Waals surface area contributed by atoms with Crippen LogP contribution in [0.3, 0.4) is 0 Å². The molecule has 0 bridgehead atoms. The number of rotatable bonds is 7. The lowest BCUT2D eigenvalue weighted by Crippen LogP contribution is -2.30. The third kappa shape index (κ3) is 3.73. The first-order valence-corrected chi connectivity index (χ1v) is 8.30. The monoisotopic (exact) mass is 315 g/mol. The summed E-state index contributed by atoms with van der Waals surface area (Å²) < 4.78 is 1.89. The fourth-order valence-corrected chi connectivity index (χ4v) is 2.74. The van der Waals surface area contributed by atoms with Gasteiger partial charge in [0, 0.05) is 25.0 Å². The van der Waals surface area contributed by atoms with Crippen molar-refractivity contribution in [1.82, 2.24) is 9.88 Å². The van der Waals surface area contributed by atoms with Crippen LogP contribution in [0, 0.1) is 0 Å². The van der Waals surface area contributed by atoms with Crippen molar-refractivity contribution in [3.8, 4) is 0 Å². The van der Waals surface area contributed by atoms with E-state index in [2.05, 4.69) is 12.2 Å². The van der Waals surface area contributed by atoms with Crippen LogP contribution in [-0.2, 0) is 6.54 Å². The molecule has 0 saturated heterocycles. The minimum atomic E-state index is -0.321. The van der Waals surface area contributed by atoms with Gasteiger partial charge in [-0.15, -0.1) is 0 Å². The molecule has 0 aliphatic heterocycles. The Hall–Kier alpha value is -2.30. The maximum atomic E-state index is 12.6. The van der Waals surface area contributed by atoms with Gasteiger partial charge in [-0.25, -0.2) is 0 Å². The first kappa shape index (κ1) is 17.1. The number of hydrogen-bond acceptors (Lipinski definition) is 3. The first-order chi connectivity index (χ1) is 11.1. The Labute approximate surface area is 136 Å². The molecule has 2 rings (SSSR count). The Balaban J connectivity index is 2.30. The number of nitrogens with two attached hydrogens (primary N) is 1. The van der Waals surface area contributed by atoms with E-state index in [0.717, 1.165) is 31.2 Å². The van der Waals surface area contributed by atoms with E-state index >= 15 is 0 Å². The zero-order valence-corrected chi connectivity index (χ0v) is 13.9. The molecule has 0 unspecified atom stereocenters. The normalized spacial score (nSPS) is 10.9. The maximum Gasteiger partial charge on any atom is 0.256 e. The zero-order valence-electron chi connectivity index (χ0n) is 13.9. The van der Waals surface area contributed by atoms with E-state index in [1.807, 2.05) is 23.6 Å². The van der Waals surface area contributed by atoms with Crippen molar-refractivity contribution < 1.29 is 4.79 Å². The van der Waals surface area contributed by atoms with Gasteiger partial charge in [0.25, 0.3) is 5.91 Å². The van der Waals surface area contributed by atoms with Gasteiger partial charge in [0.05, 0.1) is 10.9 Å². The summed E-state index contributed by atoms with van der Waals surface area (Å²) in [5.74, 6) is -0.321. The average Bonchev–Trinajstić information content (AvgIpc) is 2.55. The van der Waals surface area contributed by atoms with Crippen molar-refractivity contribution in [1.29, 1.82) is 0 Å². The molecular weight excluding hydrogens is 290 g/mol. The highest BCUT2D eigenvalue weighted by molar-refractivity contribution is 6.00. The molecule has 3 N–H and O–H groups in total. The number of aromatic nitrogens is 1. The van der Waals surface area contributed by atoms with Crippen molar-refractivity contribution in [2.24, 2.45) is 0 Å². The van der Waals surface area contributed by atoms with E-state index in [0.29, 0.717) is 24.2 Å². The van der Waals surface area contributed by atoms with Crippen LogP contribution in [0.2, 0.25) is 0 Å². The number of carbonyl (C=O) groups excluding carboxylic acids is 1. The minimum Gasteiger partial charge on any atom is -0.398 e. The van der Waals surface area contributed by atoms with E-state index in [-0.39, 0.29) is 16.9 Å². The third-order valence-corrected chi connectivity index (χ3v) is 4.04. The van der Waals surface area contributed by atoms with Crippen molar-refractivity contribution >= 4 is 22.5 Å². The number of unbranched alkanes of at least 4 members (excludes halogenated alkanes) is 3. The number of pyridine rings is 1. The summed E-state index contributed by atoms with van der Waals surface area (Å²) in [7, 11) is 0. The summed E-state index contributed by atoms with van der Waals surface area (Å²) in [5, 5.41) is 3.27. The van der Waals surface area contributed by atoms with Gasteiger partial charge in [-0.1, -0.05) is 32.3 Å². The summed E-state index contributed by atoms with van der Waals surface area (Å²) in [4.78, 5) is 25.0. The van der Waals surface area contributed by atoms with Crippen LogP contribution >= 0.6 is 0 Å². The lowest BCUT2D eigenvalue weighted by atomic mass is 10.1. The van der Waals surface area contributed by atoms with E-state index in [1.54, 1.807) is 12.3 Å². The number of aryl methyl sites for hydroxylation is 1. The van der Waals surface area contributed by atoms with Gasteiger partial charge in [-0.05, 0) is 25.5 Å². The Morgan fingerprint density at radius 2 is 2.00 bits per heavy atom. The molecule has 23 heavy (non-hydrogen) atoms. The molecule has 2 aromatic rings. The van der Waals surface area contributed by atoms with Gasteiger partial charge in [-0.3, -0.25) is 9.59 Å². The smallest absolute Gasteiger partial charge is 0.256 e. The molecule has 1 aromatic carbocycles. The number of nitrogens with zero attached hydrogens (tertiary/aromatic N) is 1. The standard InChI is InChI=1S/C18H25N3O2/c1-3-5-6-7-11-20-18(23)13-12-21(4-2)15-10-8-9-14(19)16(15)17(13)22/h8-10,12H,3-7,11,19H2,1-2H3,(H,20,23). The van der Waals surface area contributed by atoms with Crippen molar-refractivity contribution in [3.05, 3.63) is 40.2 Å². The van der Waals surface area contributed by atoms with Crippen LogP contribution < -0.4 is 16.5 Å². The fraction of sp³-hybridized carbons (Fsp3) is 0.444.